The van der Waals surface area contributed by atoms with Crippen molar-refractivity contribution in [3.8, 4) is 69.0 Å². The highest BCUT2D eigenvalue weighted by atomic mass is 16.5. The quantitative estimate of drug-likeness (QED) is 0.0919. The molecule has 398 valence electrons. The molecule has 4 aliphatic rings. The highest BCUT2D eigenvalue weighted by molar-refractivity contribution is 5.74. The fraction of sp³-hybridized carbons (Fsp3) is 0.273. The Morgan fingerprint density at radius 2 is 0.667 bits per heavy atom. The summed E-state index contributed by atoms with van der Waals surface area (Å²) in [5.41, 5.74) is 12.5. The molecule has 0 saturated carbocycles. The minimum atomic E-state index is -0.494. The Kier molecular flexibility index (Phi) is 13.1. The second-order valence-electron chi connectivity index (χ2n) is 20.1. The van der Waals surface area contributed by atoms with Crippen LogP contribution in [0, 0.1) is 0 Å². The van der Waals surface area contributed by atoms with Gasteiger partial charge < -0.3 is 56.8 Å². The maximum Gasteiger partial charge on any atom is 0.135 e. The molecular formula is C66H62O12. The van der Waals surface area contributed by atoms with Crippen molar-refractivity contribution in [1.29, 1.82) is 0 Å². The lowest BCUT2D eigenvalue weighted by atomic mass is 9.68. The molecule has 0 spiro atoms. The van der Waals surface area contributed by atoms with E-state index in [1.165, 1.54) is 0 Å². The average Bonchev–Trinajstić information content (AvgIpc) is 3.93. The molecule has 0 bridgehead atoms. The van der Waals surface area contributed by atoms with Gasteiger partial charge in [0.2, 0.25) is 0 Å². The van der Waals surface area contributed by atoms with E-state index < -0.39 is 18.1 Å². The highest BCUT2D eigenvalue weighted by Crippen LogP contribution is 2.72. The predicted molar refractivity (Wildman–Crippen MR) is 297 cm³/mol. The molecule has 0 fully saturated rings. The number of ether oxygens (including phenoxy) is 12. The summed E-state index contributed by atoms with van der Waals surface area (Å²) in [7, 11) is 17.0. The Morgan fingerprint density at radius 1 is 0.256 bits per heavy atom. The first-order valence-corrected chi connectivity index (χ1v) is 26.0. The Labute approximate surface area is 455 Å². The first kappa shape index (κ1) is 50.2. The van der Waals surface area contributed by atoms with E-state index in [1.807, 2.05) is 42.5 Å². The lowest BCUT2D eigenvalue weighted by Crippen LogP contribution is -2.21. The summed E-state index contributed by atoms with van der Waals surface area (Å²) in [4.78, 5) is 0. The van der Waals surface area contributed by atoms with Crippen LogP contribution in [0.3, 0.4) is 0 Å². The maximum absolute atomic E-state index is 7.41. The van der Waals surface area contributed by atoms with Crippen LogP contribution in [0.15, 0.2) is 146 Å². The van der Waals surface area contributed by atoms with Crippen molar-refractivity contribution in [3.63, 3.8) is 0 Å². The van der Waals surface area contributed by atoms with Gasteiger partial charge in [-0.15, -0.1) is 0 Å². The number of methoxy groups -OCH3 is 10. The Balaban J connectivity index is 1.22. The third-order valence-electron chi connectivity index (χ3n) is 16.6. The number of hydrogen-bond acceptors (Lipinski definition) is 12. The lowest BCUT2D eigenvalue weighted by Gasteiger charge is -2.35. The second-order valence-corrected chi connectivity index (χ2v) is 20.1. The van der Waals surface area contributed by atoms with Crippen molar-refractivity contribution >= 4 is 0 Å². The van der Waals surface area contributed by atoms with Crippen molar-refractivity contribution in [3.05, 3.63) is 212 Å². The summed E-state index contributed by atoms with van der Waals surface area (Å²) in [6, 6.07) is 50.0. The molecular weight excluding hydrogens is 985 g/mol. The van der Waals surface area contributed by atoms with Crippen molar-refractivity contribution in [2.45, 2.75) is 47.7 Å². The van der Waals surface area contributed by atoms with E-state index in [-0.39, 0.29) is 29.6 Å². The smallest absolute Gasteiger partial charge is 0.135 e. The zero-order valence-corrected chi connectivity index (χ0v) is 45.4. The Bertz CT molecular complexity index is 3500. The normalized spacial score (nSPS) is 20.9. The summed E-state index contributed by atoms with van der Waals surface area (Å²) in [5, 5.41) is 0. The number of hydrogen-bond donors (Lipinski definition) is 0. The number of fused-ring (bicyclic) bond motifs is 3. The van der Waals surface area contributed by atoms with Gasteiger partial charge >= 0.3 is 0 Å². The molecule has 2 aliphatic carbocycles. The van der Waals surface area contributed by atoms with E-state index >= 15 is 0 Å². The molecule has 12 nitrogen and oxygen atoms in total. The first-order chi connectivity index (χ1) is 38.2. The lowest BCUT2D eigenvalue weighted by molar-refractivity contribution is 0.221. The van der Waals surface area contributed by atoms with Crippen LogP contribution in [-0.4, -0.2) is 71.1 Å². The molecule has 78 heavy (non-hydrogen) atoms. The average molecular weight is 1050 g/mol. The van der Waals surface area contributed by atoms with Crippen molar-refractivity contribution in [2.75, 3.05) is 71.1 Å². The second kappa shape index (κ2) is 20.4. The first-order valence-electron chi connectivity index (χ1n) is 26.0. The van der Waals surface area contributed by atoms with Crippen molar-refractivity contribution < 1.29 is 56.8 Å². The molecule has 0 saturated heterocycles. The fourth-order valence-corrected chi connectivity index (χ4v) is 13.2. The molecule has 0 aromatic heterocycles. The topological polar surface area (TPSA) is 111 Å². The molecule has 2 heterocycles. The van der Waals surface area contributed by atoms with E-state index in [1.54, 1.807) is 71.1 Å². The molecule has 12 rings (SSSR count). The van der Waals surface area contributed by atoms with E-state index in [4.69, 9.17) is 56.8 Å². The Morgan fingerprint density at radius 3 is 1.15 bits per heavy atom. The standard InChI is InChI=1S/C66H62O12/c1-67-40-19-11-35(12-20-40)54-57-49(31-46(73-7)32-50(57)75-9)60-62-53(78-66(60)38-17-25-43(70-4)26-18-38)34-51(76-10)61-59(55(63(54)64(61)62)36-13-21-41(68-2)22-14-36)48-30-47(74-8)33-52-58(48)56(39-27-44(71-5)29-45(28-39)72-6)65(77-52)37-15-23-42(69-3)24-16-37/h11-34,54-56,59-60,63,65-66H,1-10H3/t54-,55-,56-,59-,60-,63+,65+,66+/m1/s1. The molecule has 0 N–H and O–H groups in total. The maximum atomic E-state index is 7.41. The van der Waals surface area contributed by atoms with Crippen LogP contribution in [-0.2, 0) is 0 Å². The third kappa shape index (κ3) is 8.10. The molecule has 12 heteroatoms. The minimum absolute atomic E-state index is 0.295. The van der Waals surface area contributed by atoms with Gasteiger partial charge in [0.1, 0.15) is 81.2 Å². The van der Waals surface area contributed by atoms with E-state index in [9.17, 15) is 0 Å². The van der Waals surface area contributed by atoms with Gasteiger partial charge in [-0.1, -0.05) is 48.5 Å². The van der Waals surface area contributed by atoms with Crippen LogP contribution in [0.25, 0.3) is 0 Å². The fourth-order valence-electron chi connectivity index (χ4n) is 13.2. The summed E-state index contributed by atoms with van der Waals surface area (Å²) >= 11 is 0. The van der Waals surface area contributed by atoms with Crippen LogP contribution in [0.1, 0.15) is 114 Å². The number of rotatable bonds is 16. The summed E-state index contributed by atoms with van der Waals surface area (Å²) in [6.45, 7) is 0. The molecule has 0 radical (unpaired) electrons. The minimum Gasteiger partial charge on any atom is -0.497 e. The SMILES string of the molecule is COc1ccc([C@@H]2c3c(OC)cc(OC)cc3[C@@H]3c4c(cc(OC)c5c4[C@@H]2[C@H](c2ccc(OC)cc2)[C@H]5c2cc(OC)cc4c2[C@@H](c2cc(OC)cc(OC)c2)[C@H](c2ccc(OC)cc2)O4)O[C@H]3c2ccc(OC)cc2)cc1. The van der Waals surface area contributed by atoms with Crippen molar-refractivity contribution in [2.24, 2.45) is 0 Å². The van der Waals surface area contributed by atoms with E-state index in [0.29, 0.717) is 40.2 Å². The van der Waals surface area contributed by atoms with Gasteiger partial charge in [0.15, 0.2) is 0 Å². The zero-order chi connectivity index (χ0) is 53.9. The largest absolute Gasteiger partial charge is 0.497 e. The molecule has 0 unspecified atom stereocenters. The van der Waals surface area contributed by atoms with Gasteiger partial charge in [-0.2, -0.15) is 0 Å². The monoisotopic (exact) mass is 1050 g/mol. The van der Waals surface area contributed by atoms with Gasteiger partial charge in [-0.25, -0.2) is 0 Å². The van der Waals surface area contributed by atoms with Crippen LogP contribution < -0.4 is 56.8 Å². The van der Waals surface area contributed by atoms with E-state index in [0.717, 1.165) is 95.5 Å². The van der Waals surface area contributed by atoms with Gasteiger partial charge in [0.05, 0.1) is 82.9 Å². The summed E-state index contributed by atoms with van der Waals surface area (Å²) in [6.07, 6.45) is -0.967. The summed E-state index contributed by atoms with van der Waals surface area (Å²) in [5.74, 6) is 6.45. The molecule has 0 amide bonds. The van der Waals surface area contributed by atoms with E-state index in [2.05, 4.69) is 103 Å². The van der Waals surface area contributed by atoms with Gasteiger partial charge in [-0.05, 0) is 117 Å². The van der Waals surface area contributed by atoms with Crippen LogP contribution in [0.4, 0.5) is 0 Å². The molecule has 8 atom stereocenters. The van der Waals surface area contributed by atoms with Crippen LogP contribution in [0.5, 0.6) is 69.0 Å². The number of benzene rings is 8. The highest BCUT2D eigenvalue weighted by Gasteiger charge is 2.58. The van der Waals surface area contributed by atoms with Crippen LogP contribution >= 0.6 is 0 Å². The molecule has 8 aromatic rings. The third-order valence-corrected chi connectivity index (χ3v) is 16.6. The zero-order valence-electron chi connectivity index (χ0n) is 45.4. The van der Waals surface area contributed by atoms with Gasteiger partial charge in [0, 0.05) is 70.2 Å². The molecule has 2 aliphatic heterocycles. The summed E-state index contributed by atoms with van der Waals surface area (Å²) < 4.78 is 75.7. The predicted octanol–water partition coefficient (Wildman–Crippen LogP) is 13.5. The van der Waals surface area contributed by atoms with Crippen molar-refractivity contribution in [1.82, 2.24) is 0 Å². The molecule has 8 aromatic carbocycles. The van der Waals surface area contributed by atoms with Gasteiger partial charge in [-0.3, -0.25) is 0 Å². The van der Waals surface area contributed by atoms with Gasteiger partial charge in [0.25, 0.3) is 0 Å². The van der Waals surface area contributed by atoms with Crippen LogP contribution in [0.2, 0.25) is 0 Å². The Hall–Kier alpha value is -8.64.